The van der Waals surface area contributed by atoms with Gasteiger partial charge in [-0.1, -0.05) is 6.07 Å². The van der Waals surface area contributed by atoms with Crippen molar-refractivity contribution in [2.45, 2.75) is 25.7 Å². The summed E-state index contributed by atoms with van der Waals surface area (Å²) in [5, 5.41) is 3.05. The maximum absolute atomic E-state index is 13.2. The maximum Gasteiger partial charge on any atom is 0.123 e. The molecule has 1 aromatic carbocycles. The van der Waals surface area contributed by atoms with Gasteiger partial charge in [0.1, 0.15) is 10.8 Å². The molecule has 1 aromatic heterocycles. The van der Waals surface area contributed by atoms with Gasteiger partial charge >= 0.3 is 0 Å². The van der Waals surface area contributed by atoms with E-state index in [1.54, 1.807) is 17.4 Å². The van der Waals surface area contributed by atoms with E-state index in [-0.39, 0.29) is 5.82 Å². The Hall–Kier alpha value is -1.22. The molecule has 1 saturated carbocycles. The Balaban J connectivity index is 2.03. The Morgan fingerprint density at radius 3 is 2.94 bits per heavy atom. The molecule has 16 heavy (non-hydrogen) atoms. The predicted molar refractivity (Wildman–Crippen MR) is 64.2 cm³/mol. The standard InChI is InChI=1S/C13H12FNS/c1-8-2-5-10(14)6-11(8)13-15-12(7-16-13)9-3-4-9/h2,5-7,9H,3-4H2,1H3. The van der Waals surface area contributed by atoms with E-state index >= 15 is 0 Å². The summed E-state index contributed by atoms with van der Waals surface area (Å²) in [6.07, 6.45) is 2.51. The lowest BCUT2D eigenvalue weighted by atomic mass is 10.1. The van der Waals surface area contributed by atoms with Gasteiger partial charge in [0.25, 0.3) is 0 Å². The lowest BCUT2D eigenvalue weighted by molar-refractivity contribution is 0.628. The number of thiazole rings is 1. The third kappa shape index (κ3) is 1.76. The van der Waals surface area contributed by atoms with E-state index in [0.717, 1.165) is 16.1 Å². The number of hydrogen-bond acceptors (Lipinski definition) is 2. The Bertz CT molecular complexity index is 528. The van der Waals surface area contributed by atoms with E-state index in [0.29, 0.717) is 5.92 Å². The van der Waals surface area contributed by atoms with Crippen LogP contribution in [0.4, 0.5) is 4.39 Å². The summed E-state index contributed by atoms with van der Waals surface area (Å²) >= 11 is 1.62. The number of halogens is 1. The Labute approximate surface area is 98.0 Å². The molecule has 1 aliphatic carbocycles. The molecular weight excluding hydrogens is 221 g/mol. The second-order valence-electron chi connectivity index (χ2n) is 4.31. The molecule has 0 radical (unpaired) electrons. The molecule has 0 amide bonds. The molecule has 1 heterocycles. The minimum absolute atomic E-state index is 0.191. The van der Waals surface area contributed by atoms with Gasteiger partial charge in [-0.25, -0.2) is 9.37 Å². The Morgan fingerprint density at radius 1 is 1.38 bits per heavy atom. The molecule has 0 unspecified atom stereocenters. The first kappa shape index (κ1) is 9.97. The lowest BCUT2D eigenvalue weighted by Gasteiger charge is -2.01. The number of nitrogens with zero attached hydrogens (tertiary/aromatic N) is 1. The van der Waals surface area contributed by atoms with Gasteiger partial charge in [0.2, 0.25) is 0 Å². The molecule has 3 rings (SSSR count). The highest BCUT2D eigenvalue weighted by Gasteiger charge is 2.26. The average molecular weight is 233 g/mol. The summed E-state index contributed by atoms with van der Waals surface area (Å²) in [6, 6.07) is 4.88. The average Bonchev–Trinajstić information content (AvgIpc) is 3.01. The van der Waals surface area contributed by atoms with Crippen LogP contribution in [0.25, 0.3) is 10.6 Å². The summed E-state index contributed by atoms with van der Waals surface area (Å²) in [6.45, 7) is 1.99. The van der Waals surface area contributed by atoms with Gasteiger partial charge in [0, 0.05) is 16.9 Å². The molecule has 1 aliphatic rings. The van der Waals surface area contributed by atoms with Crippen LogP contribution >= 0.6 is 11.3 Å². The van der Waals surface area contributed by atoms with Crippen LogP contribution in [0.1, 0.15) is 30.0 Å². The molecule has 0 aliphatic heterocycles. The molecule has 1 fully saturated rings. The number of hydrogen-bond donors (Lipinski definition) is 0. The zero-order chi connectivity index (χ0) is 11.1. The summed E-state index contributed by atoms with van der Waals surface area (Å²) in [5.41, 5.74) is 3.19. The van der Waals surface area contributed by atoms with E-state index in [4.69, 9.17) is 0 Å². The fourth-order valence-corrected chi connectivity index (χ4v) is 2.78. The zero-order valence-electron chi connectivity index (χ0n) is 9.03. The lowest BCUT2D eigenvalue weighted by Crippen LogP contribution is -1.85. The van der Waals surface area contributed by atoms with E-state index in [2.05, 4.69) is 10.4 Å². The van der Waals surface area contributed by atoms with Gasteiger partial charge in [-0.3, -0.25) is 0 Å². The second-order valence-corrected chi connectivity index (χ2v) is 5.17. The van der Waals surface area contributed by atoms with Crippen molar-refractivity contribution in [3.05, 3.63) is 40.7 Å². The summed E-state index contributed by atoms with van der Waals surface area (Å²) in [5.74, 6) is 0.475. The monoisotopic (exact) mass is 233 g/mol. The highest BCUT2D eigenvalue weighted by Crippen LogP contribution is 2.41. The highest BCUT2D eigenvalue weighted by molar-refractivity contribution is 7.13. The van der Waals surface area contributed by atoms with Crippen LogP contribution in [-0.4, -0.2) is 4.98 Å². The van der Waals surface area contributed by atoms with Crippen LogP contribution in [-0.2, 0) is 0 Å². The molecule has 0 spiro atoms. The molecule has 0 saturated heterocycles. The van der Waals surface area contributed by atoms with Crippen LogP contribution in [0.5, 0.6) is 0 Å². The maximum atomic E-state index is 13.2. The fraction of sp³-hybridized carbons (Fsp3) is 0.308. The van der Waals surface area contributed by atoms with E-state index < -0.39 is 0 Å². The van der Waals surface area contributed by atoms with Crippen LogP contribution in [0, 0.1) is 12.7 Å². The first-order chi connectivity index (χ1) is 7.74. The van der Waals surface area contributed by atoms with Crippen molar-refractivity contribution < 1.29 is 4.39 Å². The molecule has 1 nitrogen and oxygen atoms in total. The van der Waals surface area contributed by atoms with Gasteiger partial charge in [-0.05, 0) is 37.5 Å². The topological polar surface area (TPSA) is 12.9 Å². The molecule has 2 aromatic rings. The van der Waals surface area contributed by atoms with Crippen LogP contribution in [0.2, 0.25) is 0 Å². The summed E-state index contributed by atoms with van der Waals surface area (Å²) in [7, 11) is 0. The van der Waals surface area contributed by atoms with Crippen molar-refractivity contribution in [3.8, 4) is 10.6 Å². The van der Waals surface area contributed by atoms with Crippen LogP contribution < -0.4 is 0 Å². The van der Waals surface area contributed by atoms with Crippen LogP contribution in [0.15, 0.2) is 23.6 Å². The molecule has 0 bridgehead atoms. The number of aromatic nitrogens is 1. The molecule has 0 atom stereocenters. The van der Waals surface area contributed by atoms with Crippen molar-refractivity contribution >= 4 is 11.3 Å². The van der Waals surface area contributed by atoms with Gasteiger partial charge in [0.15, 0.2) is 0 Å². The first-order valence-electron chi connectivity index (χ1n) is 5.46. The van der Waals surface area contributed by atoms with Gasteiger partial charge < -0.3 is 0 Å². The van der Waals surface area contributed by atoms with E-state index in [1.165, 1.54) is 24.6 Å². The minimum atomic E-state index is -0.191. The van der Waals surface area contributed by atoms with Crippen molar-refractivity contribution in [3.63, 3.8) is 0 Å². The Morgan fingerprint density at radius 2 is 2.19 bits per heavy atom. The normalized spacial score (nSPS) is 15.4. The van der Waals surface area contributed by atoms with Crippen molar-refractivity contribution in [2.75, 3.05) is 0 Å². The molecular formula is C13H12FNS. The third-order valence-electron chi connectivity index (χ3n) is 2.95. The number of rotatable bonds is 2. The number of aryl methyl sites for hydroxylation is 1. The molecule has 0 N–H and O–H groups in total. The third-order valence-corrected chi connectivity index (χ3v) is 3.84. The smallest absolute Gasteiger partial charge is 0.123 e. The SMILES string of the molecule is Cc1ccc(F)cc1-c1nc(C2CC2)cs1. The quantitative estimate of drug-likeness (QED) is 0.759. The zero-order valence-corrected chi connectivity index (χ0v) is 9.85. The fourth-order valence-electron chi connectivity index (χ4n) is 1.80. The van der Waals surface area contributed by atoms with Crippen molar-refractivity contribution in [2.24, 2.45) is 0 Å². The first-order valence-corrected chi connectivity index (χ1v) is 6.34. The second kappa shape index (κ2) is 3.67. The highest BCUT2D eigenvalue weighted by atomic mass is 32.1. The minimum Gasteiger partial charge on any atom is -0.241 e. The van der Waals surface area contributed by atoms with Gasteiger partial charge in [0.05, 0.1) is 5.69 Å². The van der Waals surface area contributed by atoms with Crippen LogP contribution in [0.3, 0.4) is 0 Å². The van der Waals surface area contributed by atoms with E-state index in [1.807, 2.05) is 13.0 Å². The molecule has 82 valence electrons. The van der Waals surface area contributed by atoms with E-state index in [9.17, 15) is 4.39 Å². The number of benzene rings is 1. The largest absolute Gasteiger partial charge is 0.241 e. The Kier molecular flexibility index (Phi) is 2.28. The van der Waals surface area contributed by atoms with Crippen molar-refractivity contribution in [1.82, 2.24) is 4.98 Å². The predicted octanol–water partition coefficient (Wildman–Crippen LogP) is 4.14. The summed E-state index contributed by atoms with van der Waals surface area (Å²) < 4.78 is 13.2. The molecule has 3 heteroatoms. The summed E-state index contributed by atoms with van der Waals surface area (Å²) in [4.78, 5) is 4.60. The van der Waals surface area contributed by atoms with Gasteiger partial charge in [-0.2, -0.15) is 0 Å². The van der Waals surface area contributed by atoms with Gasteiger partial charge in [-0.15, -0.1) is 11.3 Å². The van der Waals surface area contributed by atoms with Crippen molar-refractivity contribution in [1.29, 1.82) is 0 Å².